The smallest absolute Gasteiger partial charge is 0.272 e. The first kappa shape index (κ1) is 30.0. The summed E-state index contributed by atoms with van der Waals surface area (Å²) in [6, 6.07) is 25.7. The van der Waals surface area contributed by atoms with E-state index in [0.29, 0.717) is 44.0 Å². The van der Waals surface area contributed by atoms with Crippen LogP contribution in [0.15, 0.2) is 102 Å². The fourth-order valence-electron chi connectivity index (χ4n) is 4.03. The van der Waals surface area contributed by atoms with Crippen LogP contribution in [0.5, 0.6) is 11.5 Å². The Kier molecular flexibility index (Phi) is 9.56. The number of ether oxygens (including phenoxy) is 2. The van der Waals surface area contributed by atoms with Crippen molar-refractivity contribution in [1.29, 1.82) is 0 Å². The molecular weight excluding hydrogens is 609 g/mol. The zero-order valence-corrected chi connectivity index (χ0v) is 25.1. The summed E-state index contributed by atoms with van der Waals surface area (Å²) >= 11 is 14.0. The molecule has 4 aromatic carbocycles. The molecule has 1 atom stereocenters. The molecule has 0 aliphatic carbocycles. The number of benzene rings is 4. The van der Waals surface area contributed by atoms with Crippen molar-refractivity contribution in [2.45, 2.75) is 17.1 Å². The minimum Gasteiger partial charge on any atom is -0.454 e. The minimum absolute atomic E-state index is 0.0453. The Bertz CT molecular complexity index is 1680. The zero-order chi connectivity index (χ0) is 30.3. The maximum absolute atomic E-state index is 13.3. The predicted octanol–water partition coefficient (Wildman–Crippen LogP) is 7.25. The van der Waals surface area contributed by atoms with Crippen LogP contribution in [0, 0.1) is 0 Å². The highest BCUT2D eigenvalue weighted by Gasteiger charge is 2.19. The number of carbonyl (C=O) groups excluding carboxylic acids is 3. The van der Waals surface area contributed by atoms with Crippen molar-refractivity contribution < 1.29 is 23.9 Å². The Labute approximate surface area is 262 Å². The van der Waals surface area contributed by atoms with Crippen LogP contribution in [0.3, 0.4) is 0 Å². The summed E-state index contributed by atoms with van der Waals surface area (Å²) in [5.41, 5.74) is 1.82. The van der Waals surface area contributed by atoms with Crippen molar-refractivity contribution in [3.8, 4) is 11.5 Å². The first-order valence-corrected chi connectivity index (χ1v) is 14.7. The van der Waals surface area contributed by atoms with E-state index in [1.54, 1.807) is 97.9 Å². The van der Waals surface area contributed by atoms with E-state index in [0.717, 1.165) is 4.90 Å². The van der Waals surface area contributed by atoms with Crippen LogP contribution in [0.2, 0.25) is 10.0 Å². The summed E-state index contributed by atoms with van der Waals surface area (Å²) < 4.78 is 10.7. The SMILES string of the molecule is CC(Sc1ccc(NC(=O)/C(=C/c2c(Cl)cccc2Cl)NC(=O)c2ccccc2)cc1)C(=O)Nc1ccc2c(c1)OCO2. The van der Waals surface area contributed by atoms with E-state index in [1.165, 1.54) is 17.8 Å². The topological polar surface area (TPSA) is 106 Å². The number of nitrogens with one attached hydrogen (secondary N) is 3. The van der Waals surface area contributed by atoms with Crippen LogP contribution < -0.4 is 25.4 Å². The van der Waals surface area contributed by atoms with E-state index < -0.39 is 17.1 Å². The first-order chi connectivity index (χ1) is 20.8. The molecule has 1 aliphatic heterocycles. The molecule has 5 rings (SSSR count). The fraction of sp³-hybridized carbons (Fsp3) is 0.0938. The third-order valence-corrected chi connectivity index (χ3v) is 8.02. The maximum atomic E-state index is 13.3. The van der Waals surface area contributed by atoms with Gasteiger partial charge >= 0.3 is 0 Å². The number of thioether (sulfide) groups is 1. The molecule has 0 fully saturated rings. The van der Waals surface area contributed by atoms with Crippen LogP contribution in [0.1, 0.15) is 22.8 Å². The van der Waals surface area contributed by atoms with Gasteiger partial charge in [0.1, 0.15) is 5.70 Å². The van der Waals surface area contributed by atoms with Crippen molar-refractivity contribution in [3.05, 3.63) is 118 Å². The van der Waals surface area contributed by atoms with Gasteiger partial charge in [0.05, 0.1) is 5.25 Å². The molecule has 11 heteroatoms. The van der Waals surface area contributed by atoms with Gasteiger partial charge in [0.2, 0.25) is 12.7 Å². The average Bonchev–Trinajstić information content (AvgIpc) is 3.48. The number of fused-ring (bicyclic) bond motifs is 1. The Morgan fingerprint density at radius 3 is 2.21 bits per heavy atom. The van der Waals surface area contributed by atoms with E-state index in [9.17, 15) is 14.4 Å². The van der Waals surface area contributed by atoms with Crippen LogP contribution in [-0.2, 0) is 9.59 Å². The molecule has 218 valence electrons. The molecular formula is C32H25Cl2N3O5S. The normalized spacial score (nSPS) is 12.8. The number of halogens is 2. The molecule has 0 radical (unpaired) electrons. The highest BCUT2D eigenvalue weighted by molar-refractivity contribution is 8.00. The lowest BCUT2D eigenvalue weighted by Crippen LogP contribution is -2.30. The average molecular weight is 635 g/mol. The minimum atomic E-state index is -0.572. The van der Waals surface area contributed by atoms with E-state index in [-0.39, 0.29) is 18.4 Å². The quantitative estimate of drug-likeness (QED) is 0.132. The van der Waals surface area contributed by atoms with Crippen LogP contribution in [0.25, 0.3) is 6.08 Å². The second-order valence-electron chi connectivity index (χ2n) is 9.31. The molecule has 0 spiro atoms. The molecule has 43 heavy (non-hydrogen) atoms. The predicted molar refractivity (Wildman–Crippen MR) is 170 cm³/mol. The molecule has 1 heterocycles. The lowest BCUT2D eigenvalue weighted by atomic mass is 10.1. The Hall–Kier alpha value is -4.44. The molecule has 8 nitrogen and oxygen atoms in total. The maximum Gasteiger partial charge on any atom is 0.272 e. The molecule has 3 N–H and O–H groups in total. The zero-order valence-electron chi connectivity index (χ0n) is 22.7. The molecule has 0 bridgehead atoms. The highest BCUT2D eigenvalue weighted by atomic mass is 35.5. The standard InChI is InChI=1S/C32H25Cl2N3O5S/c1-19(30(38)36-22-12-15-28-29(16-22)42-18-41-28)43-23-13-10-21(11-14-23)35-32(40)27(17-24-25(33)8-5-9-26(24)34)37-31(39)20-6-3-2-4-7-20/h2-17,19H,18H2,1H3,(H,35,40)(H,36,38)(H,37,39)/b27-17-. The molecule has 3 amide bonds. The van der Waals surface area contributed by atoms with E-state index in [1.807, 2.05) is 0 Å². The number of rotatable bonds is 9. The fourth-order valence-corrected chi connectivity index (χ4v) is 5.40. The van der Waals surface area contributed by atoms with Gasteiger partial charge in [-0.05, 0) is 73.7 Å². The second-order valence-corrected chi connectivity index (χ2v) is 11.5. The monoisotopic (exact) mass is 633 g/mol. The number of hydrogen-bond donors (Lipinski definition) is 3. The second kappa shape index (κ2) is 13.7. The third kappa shape index (κ3) is 7.70. The van der Waals surface area contributed by atoms with Crippen molar-refractivity contribution in [2.24, 2.45) is 0 Å². The van der Waals surface area contributed by atoms with Gasteiger partial charge in [-0.3, -0.25) is 14.4 Å². The van der Waals surface area contributed by atoms with E-state index in [4.69, 9.17) is 32.7 Å². The van der Waals surface area contributed by atoms with Gasteiger partial charge in [0, 0.05) is 43.5 Å². The molecule has 1 aliphatic rings. The molecule has 0 saturated carbocycles. The van der Waals surface area contributed by atoms with Gasteiger partial charge in [-0.1, -0.05) is 47.5 Å². The number of hydrogen-bond acceptors (Lipinski definition) is 6. The summed E-state index contributed by atoms with van der Waals surface area (Å²) in [6.45, 7) is 1.96. The van der Waals surface area contributed by atoms with Crippen LogP contribution in [0.4, 0.5) is 11.4 Å². The van der Waals surface area contributed by atoms with Gasteiger partial charge < -0.3 is 25.4 Å². The van der Waals surface area contributed by atoms with Gasteiger partial charge in [-0.2, -0.15) is 0 Å². The summed E-state index contributed by atoms with van der Waals surface area (Å²) in [7, 11) is 0. The lowest BCUT2D eigenvalue weighted by molar-refractivity contribution is -0.115. The Morgan fingerprint density at radius 2 is 1.49 bits per heavy atom. The molecule has 4 aromatic rings. The van der Waals surface area contributed by atoms with Crippen molar-refractivity contribution in [2.75, 3.05) is 17.4 Å². The summed E-state index contributed by atoms with van der Waals surface area (Å²) in [4.78, 5) is 39.8. The molecule has 0 saturated heterocycles. The first-order valence-electron chi connectivity index (χ1n) is 13.1. The van der Waals surface area contributed by atoms with Gasteiger partial charge in [-0.15, -0.1) is 11.8 Å². The number of carbonyl (C=O) groups is 3. The van der Waals surface area contributed by atoms with E-state index in [2.05, 4.69) is 16.0 Å². The molecule has 1 unspecified atom stereocenters. The molecule has 0 aromatic heterocycles. The summed E-state index contributed by atoms with van der Waals surface area (Å²) in [6.07, 6.45) is 1.44. The highest BCUT2D eigenvalue weighted by Crippen LogP contribution is 2.35. The third-order valence-electron chi connectivity index (χ3n) is 6.25. The summed E-state index contributed by atoms with van der Waals surface area (Å²) in [5, 5.41) is 8.59. The van der Waals surface area contributed by atoms with E-state index >= 15 is 0 Å². The lowest BCUT2D eigenvalue weighted by Gasteiger charge is -2.14. The number of amides is 3. The van der Waals surface area contributed by atoms with Crippen molar-refractivity contribution in [1.82, 2.24) is 5.32 Å². The van der Waals surface area contributed by atoms with Gasteiger partial charge in [-0.25, -0.2) is 0 Å². The Balaban J connectivity index is 1.25. The van der Waals surface area contributed by atoms with Crippen molar-refractivity contribution >= 4 is 70.1 Å². The Morgan fingerprint density at radius 1 is 0.814 bits per heavy atom. The summed E-state index contributed by atoms with van der Waals surface area (Å²) in [5.74, 6) is 0.00952. The van der Waals surface area contributed by atoms with Gasteiger partial charge in [0.15, 0.2) is 11.5 Å². The van der Waals surface area contributed by atoms with Crippen molar-refractivity contribution in [3.63, 3.8) is 0 Å². The number of anilines is 2. The van der Waals surface area contributed by atoms with Gasteiger partial charge in [0.25, 0.3) is 11.8 Å². The van der Waals surface area contributed by atoms with Crippen LogP contribution >= 0.6 is 35.0 Å². The largest absolute Gasteiger partial charge is 0.454 e. The van der Waals surface area contributed by atoms with Crippen LogP contribution in [-0.4, -0.2) is 29.8 Å².